The van der Waals surface area contributed by atoms with Gasteiger partial charge in [-0.25, -0.2) is 9.78 Å². The van der Waals surface area contributed by atoms with Crippen molar-refractivity contribution in [3.8, 4) is 11.8 Å². The average molecular weight is 300 g/mol. The molecular formula is C15H12N2O3S. The summed E-state index contributed by atoms with van der Waals surface area (Å²) in [5.41, 5.74) is 1.20. The third kappa shape index (κ3) is 4.16. The van der Waals surface area contributed by atoms with Gasteiger partial charge in [-0.15, -0.1) is 11.3 Å². The number of benzene rings is 1. The molecule has 0 amide bonds. The Labute approximate surface area is 125 Å². The number of nitriles is 1. The van der Waals surface area contributed by atoms with Crippen molar-refractivity contribution in [3.63, 3.8) is 0 Å². The smallest absolute Gasteiger partial charge is 0.346 e. The zero-order chi connectivity index (χ0) is 15.2. The summed E-state index contributed by atoms with van der Waals surface area (Å²) in [6, 6.07) is 8.48. The largest absolute Gasteiger partial charge is 0.487 e. The number of aromatic nitrogens is 1. The van der Waals surface area contributed by atoms with Crippen LogP contribution < -0.4 is 4.74 Å². The number of nitrogens with zero attached hydrogens (tertiary/aromatic N) is 2. The Morgan fingerprint density at radius 3 is 2.71 bits per heavy atom. The second-order valence-corrected chi connectivity index (χ2v) is 5.25. The van der Waals surface area contributed by atoms with Crippen molar-refractivity contribution in [2.24, 2.45) is 0 Å². The van der Waals surface area contributed by atoms with Crippen molar-refractivity contribution >= 4 is 23.4 Å². The van der Waals surface area contributed by atoms with Gasteiger partial charge in [0.2, 0.25) is 0 Å². The van der Waals surface area contributed by atoms with Crippen molar-refractivity contribution in [1.29, 1.82) is 5.26 Å². The highest BCUT2D eigenvalue weighted by molar-refractivity contribution is 7.09. The maximum absolute atomic E-state index is 10.7. The number of aliphatic carboxylic acids is 1. The fourth-order valence-electron chi connectivity index (χ4n) is 1.60. The number of thiazole rings is 1. The highest BCUT2D eigenvalue weighted by Crippen LogP contribution is 2.17. The van der Waals surface area contributed by atoms with Crippen LogP contribution in [0.25, 0.3) is 6.08 Å². The SMILES string of the molecule is Cc1nc(COc2ccc(C=C(C#N)C(=O)O)cc2)cs1. The molecule has 0 aliphatic heterocycles. The fourth-order valence-corrected chi connectivity index (χ4v) is 2.20. The molecule has 2 rings (SSSR count). The molecule has 1 N–H and O–H groups in total. The van der Waals surface area contributed by atoms with Gasteiger partial charge in [-0.3, -0.25) is 0 Å². The van der Waals surface area contributed by atoms with Crippen LogP contribution in [0.5, 0.6) is 5.75 Å². The number of carboxylic acids is 1. The zero-order valence-corrected chi connectivity index (χ0v) is 12.1. The van der Waals surface area contributed by atoms with Crippen molar-refractivity contribution in [1.82, 2.24) is 4.98 Å². The minimum absolute atomic E-state index is 0.304. The van der Waals surface area contributed by atoms with Crippen molar-refractivity contribution in [3.05, 3.63) is 51.5 Å². The molecule has 0 aliphatic rings. The second-order valence-electron chi connectivity index (χ2n) is 4.19. The number of ether oxygens (including phenoxy) is 1. The number of aryl methyl sites for hydroxylation is 1. The van der Waals surface area contributed by atoms with Crippen molar-refractivity contribution < 1.29 is 14.6 Å². The lowest BCUT2D eigenvalue weighted by molar-refractivity contribution is -0.132. The number of carboxylic acid groups (broad SMARTS) is 1. The summed E-state index contributed by atoms with van der Waals surface area (Å²) in [7, 11) is 0. The van der Waals surface area contributed by atoms with E-state index in [9.17, 15) is 4.79 Å². The molecule has 1 aromatic heterocycles. The Hall–Kier alpha value is -2.65. The lowest BCUT2D eigenvalue weighted by Crippen LogP contribution is -1.97. The predicted molar refractivity (Wildman–Crippen MR) is 78.9 cm³/mol. The molecule has 1 aromatic carbocycles. The van der Waals surface area contributed by atoms with Crippen LogP contribution in [0.15, 0.2) is 35.2 Å². The van der Waals surface area contributed by atoms with E-state index >= 15 is 0 Å². The normalized spacial score (nSPS) is 11.0. The molecule has 1 heterocycles. The van der Waals surface area contributed by atoms with E-state index in [4.69, 9.17) is 15.1 Å². The van der Waals surface area contributed by atoms with E-state index < -0.39 is 5.97 Å². The molecule has 106 valence electrons. The van der Waals surface area contributed by atoms with E-state index in [2.05, 4.69) is 4.98 Å². The number of hydrogen-bond acceptors (Lipinski definition) is 5. The molecule has 6 heteroatoms. The maximum Gasteiger partial charge on any atom is 0.346 e. The van der Waals surface area contributed by atoms with Crippen LogP contribution in [0.2, 0.25) is 0 Å². The van der Waals surface area contributed by atoms with E-state index in [0.717, 1.165) is 10.7 Å². The van der Waals surface area contributed by atoms with Gasteiger partial charge < -0.3 is 9.84 Å². The van der Waals surface area contributed by atoms with E-state index in [0.29, 0.717) is 17.9 Å². The van der Waals surface area contributed by atoms with Crippen LogP contribution in [-0.2, 0) is 11.4 Å². The molecule has 0 fully saturated rings. The van der Waals surface area contributed by atoms with Crippen LogP contribution >= 0.6 is 11.3 Å². The summed E-state index contributed by atoms with van der Waals surface area (Å²) in [5.74, 6) is -0.580. The van der Waals surface area contributed by atoms with Gasteiger partial charge in [-0.1, -0.05) is 12.1 Å². The first-order chi connectivity index (χ1) is 10.1. The topological polar surface area (TPSA) is 83.2 Å². The standard InChI is InChI=1S/C15H12N2O3S/c1-10-17-13(9-21-10)8-20-14-4-2-11(3-5-14)6-12(7-16)15(18)19/h2-6,9H,8H2,1H3,(H,18,19). The second kappa shape index (κ2) is 6.68. The first-order valence-electron chi connectivity index (χ1n) is 6.07. The van der Waals surface area contributed by atoms with E-state index in [1.54, 1.807) is 41.7 Å². The van der Waals surface area contributed by atoms with Gasteiger partial charge in [0.25, 0.3) is 0 Å². The molecule has 0 spiro atoms. The molecule has 2 aromatic rings. The van der Waals surface area contributed by atoms with Gasteiger partial charge in [0.1, 0.15) is 24.0 Å². The Bertz CT molecular complexity index is 711. The molecule has 0 radical (unpaired) electrons. The number of hydrogen-bond donors (Lipinski definition) is 1. The molecule has 5 nitrogen and oxygen atoms in total. The van der Waals surface area contributed by atoms with Gasteiger partial charge in [0.15, 0.2) is 0 Å². The van der Waals surface area contributed by atoms with Gasteiger partial charge in [-0.05, 0) is 30.7 Å². The Morgan fingerprint density at radius 1 is 1.48 bits per heavy atom. The third-order valence-electron chi connectivity index (χ3n) is 2.60. The van der Waals surface area contributed by atoms with E-state index in [-0.39, 0.29) is 5.57 Å². The summed E-state index contributed by atoms with van der Waals surface area (Å²) in [4.78, 5) is 15.0. The van der Waals surface area contributed by atoms with Crippen molar-refractivity contribution in [2.75, 3.05) is 0 Å². The lowest BCUT2D eigenvalue weighted by Gasteiger charge is -2.04. The van der Waals surface area contributed by atoms with E-state index in [1.807, 2.05) is 12.3 Å². The average Bonchev–Trinajstić information content (AvgIpc) is 2.89. The summed E-state index contributed by atoms with van der Waals surface area (Å²) in [6.07, 6.45) is 1.32. The molecule has 0 aliphatic carbocycles. The molecule has 0 saturated carbocycles. The summed E-state index contributed by atoms with van der Waals surface area (Å²) in [5, 5.41) is 20.4. The van der Waals surface area contributed by atoms with Crippen LogP contribution in [0, 0.1) is 18.3 Å². The summed E-state index contributed by atoms with van der Waals surface area (Å²) < 4.78 is 5.58. The highest BCUT2D eigenvalue weighted by atomic mass is 32.1. The van der Waals surface area contributed by atoms with Crippen LogP contribution in [0.1, 0.15) is 16.3 Å². The van der Waals surface area contributed by atoms with Gasteiger partial charge in [0, 0.05) is 5.38 Å². The Balaban J connectivity index is 2.02. The number of carbonyl (C=O) groups is 1. The molecule has 21 heavy (non-hydrogen) atoms. The first kappa shape index (κ1) is 14.8. The van der Waals surface area contributed by atoms with Gasteiger partial charge in [-0.2, -0.15) is 5.26 Å². The fraction of sp³-hybridized carbons (Fsp3) is 0.133. The van der Waals surface area contributed by atoms with E-state index in [1.165, 1.54) is 6.08 Å². The molecule has 0 atom stereocenters. The van der Waals surface area contributed by atoms with Gasteiger partial charge in [0.05, 0.1) is 10.7 Å². The maximum atomic E-state index is 10.7. The Morgan fingerprint density at radius 2 is 2.19 bits per heavy atom. The molecule has 0 bridgehead atoms. The minimum Gasteiger partial charge on any atom is -0.487 e. The monoisotopic (exact) mass is 300 g/mol. The highest BCUT2D eigenvalue weighted by Gasteiger charge is 2.05. The zero-order valence-electron chi connectivity index (χ0n) is 11.2. The quantitative estimate of drug-likeness (QED) is 0.678. The van der Waals surface area contributed by atoms with Crippen molar-refractivity contribution in [2.45, 2.75) is 13.5 Å². The molecular weight excluding hydrogens is 288 g/mol. The van der Waals surface area contributed by atoms with Crippen LogP contribution in [-0.4, -0.2) is 16.1 Å². The number of rotatable bonds is 5. The molecule has 0 unspecified atom stereocenters. The lowest BCUT2D eigenvalue weighted by atomic mass is 10.1. The molecule has 0 saturated heterocycles. The van der Waals surface area contributed by atoms with Gasteiger partial charge >= 0.3 is 5.97 Å². The Kier molecular flexibility index (Phi) is 4.69. The predicted octanol–water partition coefficient (Wildman–Crippen LogP) is 3.02. The minimum atomic E-state index is -1.24. The summed E-state index contributed by atoms with van der Waals surface area (Å²) >= 11 is 1.57. The van der Waals surface area contributed by atoms with Crippen LogP contribution in [0.4, 0.5) is 0 Å². The summed E-state index contributed by atoms with van der Waals surface area (Å²) in [6.45, 7) is 2.32. The third-order valence-corrected chi connectivity index (χ3v) is 3.42. The van der Waals surface area contributed by atoms with Crippen LogP contribution in [0.3, 0.4) is 0 Å². The first-order valence-corrected chi connectivity index (χ1v) is 6.95.